The van der Waals surface area contributed by atoms with Crippen LogP contribution in [0.5, 0.6) is 0 Å². The molecule has 0 radical (unpaired) electrons. The third kappa shape index (κ3) is 3.26. The number of benzene rings is 3. The summed E-state index contributed by atoms with van der Waals surface area (Å²) in [4.78, 5) is 28.4. The standard InChI is InChI=1S/C32H27N3O3/c1-19(36)34-17-25(20-9-3-6-15-28(20)34)22-12-8-13-23(31-30(22)24-11-2-5-14-27(24)33-31)26-18-35(32(37)38)29-16-7-4-10-21(26)29/h2-7,9-11,14-18,22-23,33H,8,12-13H2,1H3,(H,37,38)/t22-,23+/m1/s1. The van der Waals surface area contributed by atoms with Crippen molar-refractivity contribution in [1.82, 2.24) is 14.1 Å². The molecule has 6 nitrogen and oxygen atoms in total. The van der Waals surface area contributed by atoms with Gasteiger partial charge in [0, 0.05) is 58.5 Å². The zero-order valence-corrected chi connectivity index (χ0v) is 21.0. The number of carbonyl (C=O) groups is 2. The average Bonchev–Trinajstić information content (AvgIpc) is 3.58. The fraction of sp³-hybridized carbons (Fsp3) is 0.188. The number of hydrogen-bond acceptors (Lipinski definition) is 2. The van der Waals surface area contributed by atoms with Crippen molar-refractivity contribution >= 4 is 44.7 Å². The highest BCUT2D eigenvalue weighted by Crippen LogP contribution is 2.48. The van der Waals surface area contributed by atoms with Crippen LogP contribution in [0, 0.1) is 0 Å². The molecule has 7 rings (SSSR count). The Balaban J connectivity index is 1.50. The smallest absolute Gasteiger partial charge is 0.416 e. The number of carboxylic acid groups (broad SMARTS) is 1. The molecule has 0 fully saturated rings. The molecule has 0 saturated heterocycles. The topological polar surface area (TPSA) is 80.0 Å². The molecule has 0 saturated carbocycles. The van der Waals surface area contributed by atoms with Gasteiger partial charge in [0.15, 0.2) is 0 Å². The van der Waals surface area contributed by atoms with Crippen molar-refractivity contribution in [2.45, 2.75) is 38.0 Å². The molecular weight excluding hydrogens is 474 g/mol. The molecule has 3 aromatic carbocycles. The van der Waals surface area contributed by atoms with Crippen molar-refractivity contribution in [1.29, 1.82) is 0 Å². The maximum atomic E-state index is 12.6. The highest BCUT2D eigenvalue weighted by Gasteiger charge is 2.34. The van der Waals surface area contributed by atoms with E-state index in [9.17, 15) is 14.7 Å². The number of aromatic nitrogens is 3. The molecule has 0 spiro atoms. The number of rotatable bonds is 2. The SMILES string of the molecule is CC(=O)n1cc([C@H]2CCC[C@@H](c3cn(C(=O)O)c4ccccc34)c3[nH]c4ccccc4c32)c2ccccc21. The lowest BCUT2D eigenvalue weighted by Gasteiger charge is -2.18. The molecule has 3 aromatic heterocycles. The average molecular weight is 502 g/mol. The first-order valence-corrected chi connectivity index (χ1v) is 13.1. The molecule has 0 unspecified atom stereocenters. The Kier molecular flexibility index (Phi) is 5.05. The molecule has 2 atom stereocenters. The number of para-hydroxylation sites is 3. The van der Waals surface area contributed by atoms with Crippen LogP contribution in [-0.2, 0) is 0 Å². The molecule has 1 aliphatic rings. The van der Waals surface area contributed by atoms with Crippen LogP contribution < -0.4 is 0 Å². The molecule has 0 aliphatic heterocycles. The second-order valence-electron chi connectivity index (χ2n) is 10.3. The lowest BCUT2D eigenvalue weighted by molar-refractivity contribution is 0.0941. The van der Waals surface area contributed by atoms with Crippen LogP contribution in [0.15, 0.2) is 85.2 Å². The summed E-state index contributed by atoms with van der Waals surface area (Å²) in [5.41, 5.74) is 7.30. The van der Waals surface area contributed by atoms with Gasteiger partial charge in [0.05, 0.1) is 11.0 Å². The van der Waals surface area contributed by atoms with Gasteiger partial charge in [0.2, 0.25) is 5.91 Å². The van der Waals surface area contributed by atoms with Crippen molar-refractivity contribution in [2.75, 3.05) is 0 Å². The molecule has 0 bridgehead atoms. The first-order valence-electron chi connectivity index (χ1n) is 13.1. The van der Waals surface area contributed by atoms with Gasteiger partial charge in [0.25, 0.3) is 0 Å². The molecule has 2 N–H and O–H groups in total. The van der Waals surface area contributed by atoms with Crippen LogP contribution in [0.25, 0.3) is 32.7 Å². The van der Waals surface area contributed by atoms with Gasteiger partial charge in [-0.05, 0) is 47.7 Å². The van der Waals surface area contributed by atoms with Crippen LogP contribution in [0.4, 0.5) is 4.79 Å². The fourth-order valence-corrected chi connectivity index (χ4v) is 6.66. The van der Waals surface area contributed by atoms with E-state index >= 15 is 0 Å². The molecule has 38 heavy (non-hydrogen) atoms. The van der Waals surface area contributed by atoms with E-state index < -0.39 is 6.09 Å². The Morgan fingerprint density at radius 1 is 0.763 bits per heavy atom. The lowest BCUT2D eigenvalue weighted by Crippen LogP contribution is -2.07. The van der Waals surface area contributed by atoms with Gasteiger partial charge in [0.1, 0.15) is 0 Å². The molecule has 6 heteroatoms. The van der Waals surface area contributed by atoms with E-state index in [1.807, 2.05) is 54.7 Å². The normalized spacial score (nSPS) is 17.6. The largest absolute Gasteiger partial charge is 0.464 e. The Labute approximate surface area is 219 Å². The summed E-state index contributed by atoms with van der Waals surface area (Å²) in [6.45, 7) is 1.61. The minimum absolute atomic E-state index is 0.000390. The second kappa shape index (κ2) is 8.48. The van der Waals surface area contributed by atoms with Crippen molar-refractivity contribution in [3.05, 3.63) is 108 Å². The monoisotopic (exact) mass is 501 g/mol. The lowest BCUT2D eigenvalue weighted by atomic mass is 9.85. The summed E-state index contributed by atoms with van der Waals surface area (Å²) in [5, 5.41) is 13.2. The maximum absolute atomic E-state index is 12.6. The Hall–Kier alpha value is -4.58. The molecular formula is C32H27N3O3. The van der Waals surface area contributed by atoms with Crippen molar-refractivity contribution in [2.24, 2.45) is 0 Å². The second-order valence-corrected chi connectivity index (χ2v) is 10.3. The zero-order chi connectivity index (χ0) is 26.0. The molecule has 6 aromatic rings. The number of carbonyl (C=O) groups excluding carboxylic acids is 1. The van der Waals surface area contributed by atoms with Crippen LogP contribution in [0.2, 0.25) is 0 Å². The van der Waals surface area contributed by atoms with Crippen molar-refractivity contribution in [3.8, 4) is 0 Å². The van der Waals surface area contributed by atoms with E-state index in [4.69, 9.17) is 0 Å². The minimum Gasteiger partial charge on any atom is -0.464 e. The summed E-state index contributed by atoms with van der Waals surface area (Å²) < 4.78 is 3.11. The molecule has 1 aliphatic carbocycles. The Bertz CT molecular complexity index is 1890. The van der Waals surface area contributed by atoms with Crippen LogP contribution in [0.3, 0.4) is 0 Å². The summed E-state index contributed by atoms with van der Waals surface area (Å²) in [5.74, 6) is 0.123. The van der Waals surface area contributed by atoms with Gasteiger partial charge in [-0.25, -0.2) is 4.79 Å². The predicted octanol–water partition coefficient (Wildman–Crippen LogP) is 7.71. The highest BCUT2D eigenvalue weighted by atomic mass is 16.4. The van der Waals surface area contributed by atoms with Crippen molar-refractivity contribution < 1.29 is 14.7 Å². The van der Waals surface area contributed by atoms with E-state index in [0.29, 0.717) is 5.52 Å². The molecule has 3 heterocycles. The first kappa shape index (κ1) is 22.6. The minimum atomic E-state index is -0.979. The first-order chi connectivity index (χ1) is 18.5. The van der Waals surface area contributed by atoms with E-state index in [1.165, 1.54) is 15.5 Å². The number of nitrogens with zero attached hydrogens (tertiary/aromatic N) is 2. The van der Waals surface area contributed by atoms with Gasteiger partial charge >= 0.3 is 6.09 Å². The summed E-state index contributed by atoms with van der Waals surface area (Å²) in [6.07, 6.45) is 5.66. The third-order valence-electron chi connectivity index (χ3n) is 8.24. The van der Waals surface area contributed by atoms with Gasteiger partial charge < -0.3 is 10.1 Å². The number of fused-ring (bicyclic) bond motifs is 5. The van der Waals surface area contributed by atoms with Crippen molar-refractivity contribution in [3.63, 3.8) is 0 Å². The number of nitrogens with one attached hydrogen (secondary N) is 1. The van der Waals surface area contributed by atoms with E-state index in [2.05, 4.69) is 29.2 Å². The van der Waals surface area contributed by atoms with Gasteiger partial charge in [-0.15, -0.1) is 0 Å². The number of aromatic amines is 1. The fourth-order valence-electron chi connectivity index (χ4n) is 6.66. The quantitative estimate of drug-likeness (QED) is 0.238. The summed E-state index contributed by atoms with van der Waals surface area (Å²) in [6, 6.07) is 24.3. The van der Waals surface area contributed by atoms with E-state index in [0.717, 1.165) is 57.9 Å². The summed E-state index contributed by atoms with van der Waals surface area (Å²) in [7, 11) is 0. The number of hydrogen-bond donors (Lipinski definition) is 2. The van der Waals surface area contributed by atoms with Gasteiger partial charge in [-0.3, -0.25) is 13.9 Å². The Morgan fingerprint density at radius 2 is 1.32 bits per heavy atom. The third-order valence-corrected chi connectivity index (χ3v) is 8.24. The van der Waals surface area contributed by atoms with E-state index in [-0.39, 0.29) is 17.7 Å². The van der Waals surface area contributed by atoms with Crippen LogP contribution >= 0.6 is 0 Å². The van der Waals surface area contributed by atoms with Gasteiger partial charge in [-0.2, -0.15) is 0 Å². The molecule has 188 valence electrons. The Morgan fingerprint density at radius 3 is 2.00 bits per heavy atom. The molecule has 0 amide bonds. The van der Waals surface area contributed by atoms with E-state index in [1.54, 1.807) is 17.7 Å². The highest BCUT2D eigenvalue weighted by molar-refractivity contribution is 5.96. The number of H-pyrrole nitrogens is 1. The van der Waals surface area contributed by atoms with Crippen LogP contribution in [0.1, 0.15) is 65.2 Å². The summed E-state index contributed by atoms with van der Waals surface area (Å²) >= 11 is 0. The van der Waals surface area contributed by atoms with Crippen LogP contribution in [-0.4, -0.2) is 31.2 Å². The van der Waals surface area contributed by atoms with Gasteiger partial charge in [-0.1, -0.05) is 61.0 Å². The maximum Gasteiger partial charge on any atom is 0.416 e. The predicted molar refractivity (Wildman–Crippen MR) is 149 cm³/mol. The zero-order valence-electron chi connectivity index (χ0n) is 21.0.